The van der Waals surface area contributed by atoms with Crippen LogP contribution in [-0.4, -0.2) is 50.6 Å². The van der Waals surface area contributed by atoms with E-state index in [2.05, 4.69) is 19.6 Å². The molecule has 1 aliphatic heterocycles. The Balaban J connectivity index is 1.82. The molecule has 3 aromatic rings. The highest BCUT2D eigenvalue weighted by Crippen LogP contribution is 2.29. The van der Waals surface area contributed by atoms with Gasteiger partial charge in [-0.3, -0.25) is 0 Å². The molecule has 3 aromatic heterocycles. The molecule has 7 nitrogen and oxygen atoms in total. The van der Waals surface area contributed by atoms with E-state index in [9.17, 15) is 0 Å². The number of ether oxygens (including phenoxy) is 2. The average Bonchev–Trinajstić information content (AvgIpc) is 3.24. The summed E-state index contributed by atoms with van der Waals surface area (Å²) in [6.45, 7) is 1.22. The zero-order valence-electron chi connectivity index (χ0n) is 11.6. The SMILES string of the molecule is CO[C@H]1COC[C@H]1n1ccnc1-c1cnn2cccnc12. The van der Waals surface area contributed by atoms with Crippen molar-refractivity contribution in [3.05, 3.63) is 37.1 Å². The van der Waals surface area contributed by atoms with E-state index in [4.69, 9.17) is 9.47 Å². The molecule has 1 saturated heterocycles. The molecule has 0 bridgehead atoms. The molecule has 108 valence electrons. The number of imidazole rings is 1. The molecule has 0 aromatic carbocycles. The third-order valence-corrected chi connectivity index (χ3v) is 3.85. The van der Waals surface area contributed by atoms with Crippen LogP contribution in [0.25, 0.3) is 17.0 Å². The molecule has 0 amide bonds. The van der Waals surface area contributed by atoms with Gasteiger partial charge in [0.2, 0.25) is 0 Å². The molecule has 0 spiro atoms. The van der Waals surface area contributed by atoms with Gasteiger partial charge in [0.1, 0.15) is 11.9 Å². The van der Waals surface area contributed by atoms with Crippen molar-refractivity contribution in [2.75, 3.05) is 20.3 Å². The summed E-state index contributed by atoms with van der Waals surface area (Å²) < 4.78 is 14.9. The number of hydrogen-bond acceptors (Lipinski definition) is 5. The quantitative estimate of drug-likeness (QED) is 0.723. The fourth-order valence-electron chi connectivity index (χ4n) is 2.78. The predicted molar refractivity (Wildman–Crippen MR) is 74.9 cm³/mol. The summed E-state index contributed by atoms with van der Waals surface area (Å²) in [6.07, 6.45) is 9.19. The number of nitrogens with zero attached hydrogens (tertiary/aromatic N) is 5. The maximum atomic E-state index is 5.53. The molecule has 0 N–H and O–H groups in total. The van der Waals surface area contributed by atoms with Crippen LogP contribution in [0.15, 0.2) is 37.1 Å². The van der Waals surface area contributed by atoms with Crippen LogP contribution in [0.1, 0.15) is 6.04 Å². The van der Waals surface area contributed by atoms with Gasteiger partial charge >= 0.3 is 0 Å². The highest BCUT2D eigenvalue weighted by molar-refractivity contribution is 5.72. The van der Waals surface area contributed by atoms with Gasteiger partial charge in [0.15, 0.2) is 5.65 Å². The first kappa shape index (κ1) is 12.5. The summed E-state index contributed by atoms with van der Waals surface area (Å²) in [6, 6.07) is 1.97. The molecule has 4 rings (SSSR count). The number of rotatable bonds is 3. The first-order valence-corrected chi connectivity index (χ1v) is 6.80. The summed E-state index contributed by atoms with van der Waals surface area (Å²) in [5.41, 5.74) is 1.69. The zero-order chi connectivity index (χ0) is 14.2. The van der Waals surface area contributed by atoms with Crippen molar-refractivity contribution in [3.63, 3.8) is 0 Å². The topological polar surface area (TPSA) is 66.5 Å². The molecule has 0 aliphatic carbocycles. The van der Waals surface area contributed by atoms with Crippen LogP contribution in [0.4, 0.5) is 0 Å². The minimum absolute atomic E-state index is 0.0350. The second kappa shape index (κ2) is 4.94. The zero-order valence-corrected chi connectivity index (χ0v) is 11.6. The third-order valence-electron chi connectivity index (χ3n) is 3.85. The van der Waals surface area contributed by atoms with E-state index in [1.54, 1.807) is 30.2 Å². The first-order chi connectivity index (χ1) is 10.4. The van der Waals surface area contributed by atoms with Crippen molar-refractivity contribution in [1.29, 1.82) is 0 Å². The van der Waals surface area contributed by atoms with Gasteiger partial charge < -0.3 is 14.0 Å². The molecule has 4 heterocycles. The Kier molecular flexibility index (Phi) is 2.94. The average molecular weight is 285 g/mol. The maximum absolute atomic E-state index is 5.53. The van der Waals surface area contributed by atoms with Gasteiger partial charge in [-0.05, 0) is 6.07 Å². The lowest BCUT2D eigenvalue weighted by atomic mass is 10.2. The minimum atomic E-state index is 0.0350. The van der Waals surface area contributed by atoms with Crippen LogP contribution >= 0.6 is 0 Å². The second-order valence-corrected chi connectivity index (χ2v) is 4.98. The molecule has 0 saturated carbocycles. The Morgan fingerprint density at radius 2 is 2.19 bits per heavy atom. The van der Waals surface area contributed by atoms with E-state index >= 15 is 0 Å². The van der Waals surface area contributed by atoms with Crippen LogP contribution in [0.3, 0.4) is 0 Å². The van der Waals surface area contributed by atoms with Crippen LogP contribution < -0.4 is 0 Å². The Labute approximate surface area is 121 Å². The molecule has 1 fully saturated rings. The Hall–Kier alpha value is -2.25. The molecule has 1 aliphatic rings. The van der Waals surface area contributed by atoms with E-state index in [1.165, 1.54) is 0 Å². The largest absolute Gasteiger partial charge is 0.377 e. The van der Waals surface area contributed by atoms with Crippen LogP contribution in [0, 0.1) is 0 Å². The van der Waals surface area contributed by atoms with Gasteiger partial charge in [-0.2, -0.15) is 5.10 Å². The van der Waals surface area contributed by atoms with Crippen molar-refractivity contribution >= 4 is 5.65 Å². The summed E-state index contributed by atoms with van der Waals surface area (Å²) in [4.78, 5) is 8.87. The number of hydrogen-bond donors (Lipinski definition) is 0. The summed E-state index contributed by atoms with van der Waals surface area (Å²) >= 11 is 0. The third kappa shape index (κ3) is 1.93. The second-order valence-electron chi connectivity index (χ2n) is 4.98. The fraction of sp³-hybridized carbons (Fsp3) is 0.357. The van der Waals surface area contributed by atoms with Crippen molar-refractivity contribution in [1.82, 2.24) is 24.1 Å². The van der Waals surface area contributed by atoms with E-state index in [0.717, 1.165) is 17.0 Å². The lowest BCUT2D eigenvalue weighted by Crippen LogP contribution is -2.24. The van der Waals surface area contributed by atoms with Gasteiger partial charge in [0.05, 0.1) is 31.0 Å². The standard InChI is InChI=1S/C14H15N5O2/c1-20-12-9-21-8-11(12)18-6-4-16-13(18)10-7-17-19-5-2-3-15-14(10)19/h2-7,11-12H,8-9H2,1H3/t11-,12+/m1/s1. The number of methoxy groups -OCH3 is 1. The van der Waals surface area contributed by atoms with Gasteiger partial charge in [-0.25, -0.2) is 14.5 Å². The maximum Gasteiger partial charge on any atom is 0.165 e. The van der Waals surface area contributed by atoms with Crippen molar-refractivity contribution < 1.29 is 9.47 Å². The molecule has 7 heteroatoms. The molecule has 2 atom stereocenters. The molecular formula is C14H15N5O2. The summed E-state index contributed by atoms with van der Waals surface area (Å²) in [7, 11) is 1.71. The van der Waals surface area contributed by atoms with Crippen LogP contribution in [-0.2, 0) is 9.47 Å². The molecular weight excluding hydrogens is 270 g/mol. The lowest BCUT2D eigenvalue weighted by molar-refractivity contribution is 0.0688. The molecule has 0 radical (unpaired) electrons. The lowest BCUT2D eigenvalue weighted by Gasteiger charge is -2.19. The first-order valence-electron chi connectivity index (χ1n) is 6.80. The van der Waals surface area contributed by atoms with Crippen molar-refractivity contribution in [2.45, 2.75) is 12.1 Å². The Morgan fingerprint density at radius 3 is 3.10 bits per heavy atom. The smallest absolute Gasteiger partial charge is 0.165 e. The fourth-order valence-corrected chi connectivity index (χ4v) is 2.78. The normalized spacial score (nSPS) is 22.1. The molecule has 21 heavy (non-hydrogen) atoms. The predicted octanol–water partition coefficient (Wildman–Crippen LogP) is 1.18. The number of aromatic nitrogens is 5. The van der Waals surface area contributed by atoms with E-state index in [0.29, 0.717) is 13.2 Å². The highest BCUT2D eigenvalue weighted by Gasteiger charge is 2.31. The van der Waals surface area contributed by atoms with Crippen LogP contribution in [0.5, 0.6) is 0 Å². The van der Waals surface area contributed by atoms with Crippen molar-refractivity contribution in [2.24, 2.45) is 0 Å². The Morgan fingerprint density at radius 1 is 1.24 bits per heavy atom. The monoisotopic (exact) mass is 285 g/mol. The highest BCUT2D eigenvalue weighted by atomic mass is 16.5. The van der Waals surface area contributed by atoms with Gasteiger partial charge in [-0.1, -0.05) is 0 Å². The summed E-state index contributed by atoms with van der Waals surface area (Å²) in [5.74, 6) is 0.834. The number of fused-ring (bicyclic) bond motifs is 1. The van der Waals surface area contributed by atoms with E-state index < -0.39 is 0 Å². The van der Waals surface area contributed by atoms with Crippen LogP contribution in [0.2, 0.25) is 0 Å². The van der Waals surface area contributed by atoms with Gasteiger partial charge in [0, 0.05) is 31.9 Å². The summed E-state index contributed by atoms with van der Waals surface area (Å²) in [5, 5.41) is 4.32. The Bertz CT molecular complexity index is 765. The van der Waals surface area contributed by atoms with E-state index in [1.807, 2.05) is 18.5 Å². The van der Waals surface area contributed by atoms with E-state index in [-0.39, 0.29) is 12.1 Å². The van der Waals surface area contributed by atoms with Crippen molar-refractivity contribution in [3.8, 4) is 11.4 Å². The minimum Gasteiger partial charge on any atom is -0.377 e. The molecule has 0 unspecified atom stereocenters. The van der Waals surface area contributed by atoms with Gasteiger partial charge in [0.25, 0.3) is 0 Å². The van der Waals surface area contributed by atoms with Gasteiger partial charge in [-0.15, -0.1) is 0 Å².